The Kier molecular flexibility index (Phi) is 2.69. The van der Waals surface area contributed by atoms with E-state index >= 15 is 0 Å². The van der Waals surface area contributed by atoms with E-state index in [4.69, 9.17) is 0 Å². The summed E-state index contributed by atoms with van der Waals surface area (Å²) in [7, 11) is 0. The molecule has 0 aromatic carbocycles. The molecule has 0 aliphatic rings. The Labute approximate surface area is 106 Å². The van der Waals surface area contributed by atoms with Gasteiger partial charge in [-0.05, 0) is 23.6 Å². The summed E-state index contributed by atoms with van der Waals surface area (Å²) in [6.45, 7) is 2.56. The highest BCUT2D eigenvalue weighted by Crippen LogP contribution is 2.17. The molecule has 5 nitrogen and oxygen atoms in total. The maximum atomic E-state index is 4.37. The van der Waals surface area contributed by atoms with Crippen molar-refractivity contribution in [2.75, 3.05) is 0 Å². The zero-order valence-electron chi connectivity index (χ0n) is 9.07. The standard InChI is InChI=1S/C10H9N5S2/c1-7-5-17-9(11-7)4-15-13-10(12-14-15)8-2-3-16-6-8/h2-3,5-6H,4H2,1H3. The average Bonchev–Trinajstić information content (AvgIpc) is 3.00. The largest absolute Gasteiger partial charge is 0.245 e. The van der Waals surface area contributed by atoms with Gasteiger partial charge in [0.15, 0.2) is 0 Å². The van der Waals surface area contributed by atoms with Crippen LogP contribution in [0, 0.1) is 6.92 Å². The minimum atomic E-state index is 0.579. The van der Waals surface area contributed by atoms with E-state index < -0.39 is 0 Å². The summed E-state index contributed by atoms with van der Waals surface area (Å²) in [4.78, 5) is 5.94. The van der Waals surface area contributed by atoms with Crippen molar-refractivity contribution >= 4 is 22.7 Å². The van der Waals surface area contributed by atoms with Gasteiger partial charge in [-0.3, -0.25) is 0 Å². The summed E-state index contributed by atoms with van der Waals surface area (Å²) in [6.07, 6.45) is 0. The normalized spacial score (nSPS) is 10.9. The van der Waals surface area contributed by atoms with Gasteiger partial charge in [-0.2, -0.15) is 16.1 Å². The zero-order chi connectivity index (χ0) is 11.7. The predicted octanol–water partition coefficient (Wildman–Crippen LogP) is 2.21. The quantitative estimate of drug-likeness (QED) is 0.727. The third-order valence-corrected chi connectivity index (χ3v) is 3.81. The van der Waals surface area contributed by atoms with Gasteiger partial charge in [-0.25, -0.2) is 4.98 Å². The van der Waals surface area contributed by atoms with Gasteiger partial charge in [0, 0.05) is 22.0 Å². The highest BCUT2D eigenvalue weighted by atomic mass is 32.1. The highest BCUT2D eigenvalue weighted by Gasteiger charge is 2.07. The Balaban J connectivity index is 1.81. The van der Waals surface area contributed by atoms with E-state index in [1.54, 1.807) is 27.5 Å². The Bertz CT molecular complexity index is 610. The van der Waals surface area contributed by atoms with Gasteiger partial charge in [-0.1, -0.05) is 0 Å². The molecule has 0 saturated heterocycles. The summed E-state index contributed by atoms with van der Waals surface area (Å²) in [5.41, 5.74) is 2.04. The zero-order valence-corrected chi connectivity index (χ0v) is 10.7. The number of hydrogen-bond acceptors (Lipinski definition) is 6. The minimum Gasteiger partial charge on any atom is -0.245 e. The summed E-state index contributed by atoms with van der Waals surface area (Å²) in [6, 6.07) is 1.99. The molecule has 17 heavy (non-hydrogen) atoms. The van der Waals surface area contributed by atoms with Gasteiger partial charge in [0.2, 0.25) is 5.82 Å². The lowest BCUT2D eigenvalue weighted by Gasteiger charge is -1.92. The van der Waals surface area contributed by atoms with Crippen LogP contribution in [0.25, 0.3) is 11.4 Å². The summed E-state index contributed by atoms with van der Waals surface area (Å²) < 4.78 is 0. The average molecular weight is 263 g/mol. The molecule has 0 aliphatic heterocycles. The SMILES string of the molecule is Cc1csc(Cn2nnc(-c3ccsc3)n2)n1. The first-order chi connectivity index (χ1) is 8.31. The Morgan fingerprint density at radius 1 is 1.35 bits per heavy atom. The third-order valence-electron chi connectivity index (χ3n) is 2.18. The molecule has 3 aromatic rings. The van der Waals surface area contributed by atoms with E-state index in [1.165, 1.54) is 0 Å². The van der Waals surface area contributed by atoms with Crippen LogP contribution in [0.1, 0.15) is 10.7 Å². The van der Waals surface area contributed by atoms with Crippen LogP contribution in [-0.4, -0.2) is 25.2 Å². The monoisotopic (exact) mass is 263 g/mol. The lowest BCUT2D eigenvalue weighted by molar-refractivity contribution is 0.570. The number of rotatable bonds is 3. The first-order valence-electron chi connectivity index (χ1n) is 5.02. The molecule has 0 radical (unpaired) electrons. The van der Waals surface area contributed by atoms with Crippen molar-refractivity contribution in [2.24, 2.45) is 0 Å². The molecule has 0 spiro atoms. The smallest absolute Gasteiger partial charge is 0.205 e. The topological polar surface area (TPSA) is 56.5 Å². The fourth-order valence-electron chi connectivity index (χ4n) is 1.41. The van der Waals surface area contributed by atoms with Crippen molar-refractivity contribution in [1.29, 1.82) is 0 Å². The second-order valence-electron chi connectivity index (χ2n) is 3.54. The lowest BCUT2D eigenvalue weighted by atomic mass is 10.3. The van der Waals surface area contributed by atoms with Crippen LogP contribution in [0.5, 0.6) is 0 Å². The van der Waals surface area contributed by atoms with Crippen LogP contribution in [0.3, 0.4) is 0 Å². The third kappa shape index (κ3) is 2.25. The number of thiophene rings is 1. The van der Waals surface area contributed by atoms with Crippen molar-refractivity contribution in [3.8, 4) is 11.4 Å². The molecule has 0 atom stereocenters. The predicted molar refractivity (Wildman–Crippen MR) is 67.1 cm³/mol. The van der Waals surface area contributed by atoms with Crippen LogP contribution in [0.2, 0.25) is 0 Å². The molecule has 86 valence electrons. The number of tetrazole rings is 1. The van der Waals surface area contributed by atoms with Crippen LogP contribution in [0.15, 0.2) is 22.2 Å². The molecule has 3 heterocycles. The maximum Gasteiger partial charge on any atom is 0.205 e. The minimum absolute atomic E-state index is 0.579. The number of thiazole rings is 1. The van der Waals surface area contributed by atoms with Crippen LogP contribution in [0.4, 0.5) is 0 Å². The van der Waals surface area contributed by atoms with E-state index in [2.05, 4.69) is 20.4 Å². The van der Waals surface area contributed by atoms with Gasteiger partial charge in [-0.15, -0.1) is 21.5 Å². The van der Waals surface area contributed by atoms with Gasteiger partial charge in [0.05, 0.1) is 0 Å². The molecule has 3 rings (SSSR count). The van der Waals surface area contributed by atoms with Gasteiger partial charge >= 0.3 is 0 Å². The molecule has 0 fully saturated rings. The summed E-state index contributed by atoms with van der Waals surface area (Å²) >= 11 is 3.24. The van der Waals surface area contributed by atoms with Gasteiger partial charge in [0.1, 0.15) is 11.6 Å². The van der Waals surface area contributed by atoms with Gasteiger partial charge < -0.3 is 0 Å². The fourth-order valence-corrected chi connectivity index (χ4v) is 2.79. The molecular formula is C10H9N5S2. The van der Waals surface area contributed by atoms with Crippen molar-refractivity contribution in [2.45, 2.75) is 13.5 Å². The fraction of sp³-hybridized carbons (Fsp3) is 0.200. The molecule has 0 aliphatic carbocycles. The van der Waals surface area contributed by atoms with Crippen LogP contribution in [-0.2, 0) is 6.54 Å². The maximum absolute atomic E-state index is 4.37. The molecular weight excluding hydrogens is 254 g/mol. The van der Waals surface area contributed by atoms with E-state index in [0.29, 0.717) is 12.4 Å². The number of aryl methyl sites for hydroxylation is 1. The van der Waals surface area contributed by atoms with Gasteiger partial charge in [0.25, 0.3) is 0 Å². The van der Waals surface area contributed by atoms with Crippen molar-refractivity contribution < 1.29 is 0 Å². The summed E-state index contributed by atoms with van der Waals surface area (Å²) in [5, 5.41) is 19.4. The Morgan fingerprint density at radius 3 is 3.00 bits per heavy atom. The molecule has 0 N–H and O–H groups in total. The van der Waals surface area contributed by atoms with Crippen molar-refractivity contribution in [3.05, 3.63) is 32.9 Å². The molecule has 7 heteroatoms. The number of hydrogen-bond donors (Lipinski definition) is 0. The highest BCUT2D eigenvalue weighted by molar-refractivity contribution is 7.09. The molecule has 0 saturated carbocycles. The lowest BCUT2D eigenvalue weighted by Crippen LogP contribution is -2.03. The van der Waals surface area contributed by atoms with E-state index in [-0.39, 0.29) is 0 Å². The molecule has 0 bridgehead atoms. The molecule has 3 aromatic heterocycles. The van der Waals surface area contributed by atoms with Crippen LogP contribution < -0.4 is 0 Å². The second kappa shape index (κ2) is 4.34. The Morgan fingerprint density at radius 2 is 2.29 bits per heavy atom. The molecule has 0 unspecified atom stereocenters. The number of nitrogens with zero attached hydrogens (tertiary/aromatic N) is 5. The Hall–Kier alpha value is -1.60. The first kappa shape index (κ1) is 10.5. The number of aromatic nitrogens is 5. The molecule has 0 amide bonds. The van der Waals surface area contributed by atoms with E-state index in [1.807, 2.05) is 29.1 Å². The van der Waals surface area contributed by atoms with E-state index in [9.17, 15) is 0 Å². The first-order valence-corrected chi connectivity index (χ1v) is 6.85. The van der Waals surface area contributed by atoms with Crippen LogP contribution >= 0.6 is 22.7 Å². The summed E-state index contributed by atoms with van der Waals surface area (Å²) in [5.74, 6) is 0.666. The van der Waals surface area contributed by atoms with E-state index in [0.717, 1.165) is 16.3 Å². The second-order valence-corrected chi connectivity index (χ2v) is 5.26. The van der Waals surface area contributed by atoms with Crippen molar-refractivity contribution in [3.63, 3.8) is 0 Å². The van der Waals surface area contributed by atoms with Crippen molar-refractivity contribution in [1.82, 2.24) is 25.2 Å².